The van der Waals surface area contributed by atoms with Crippen molar-refractivity contribution in [3.05, 3.63) is 56.7 Å². The Bertz CT molecular complexity index is 1010. The molecule has 0 fully saturated rings. The van der Waals surface area contributed by atoms with Crippen LogP contribution >= 0.6 is 31.9 Å². The minimum absolute atomic E-state index is 0.00314. The summed E-state index contributed by atoms with van der Waals surface area (Å²) in [6, 6.07) is 9.79. The lowest BCUT2D eigenvalue weighted by Crippen LogP contribution is -2.36. The molecule has 0 aliphatic heterocycles. The number of primary amides is 1. The van der Waals surface area contributed by atoms with E-state index in [2.05, 4.69) is 36.8 Å². The van der Waals surface area contributed by atoms with Gasteiger partial charge in [-0.2, -0.15) is 0 Å². The molecular weight excluding hydrogens is 580 g/mol. The molecule has 1 unspecified atom stereocenters. The second-order valence-electron chi connectivity index (χ2n) is 6.76. The van der Waals surface area contributed by atoms with Crippen LogP contribution in [0.1, 0.15) is 18.2 Å². The van der Waals surface area contributed by atoms with E-state index in [0.717, 1.165) is 4.47 Å². The van der Waals surface area contributed by atoms with Gasteiger partial charge in [-0.25, -0.2) is 14.6 Å². The van der Waals surface area contributed by atoms with Crippen LogP contribution in [0.25, 0.3) is 0 Å². The first-order valence-electron chi connectivity index (χ1n) is 10.00. The fourth-order valence-electron chi connectivity index (χ4n) is 2.62. The van der Waals surface area contributed by atoms with Gasteiger partial charge in [0.2, 0.25) is 0 Å². The van der Waals surface area contributed by atoms with Crippen LogP contribution in [0.15, 0.2) is 45.5 Å². The van der Waals surface area contributed by atoms with Gasteiger partial charge in [0.25, 0.3) is 5.91 Å². The Morgan fingerprint density at radius 1 is 0.971 bits per heavy atom. The number of aromatic nitrogens is 1. The van der Waals surface area contributed by atoms with Crippen molar-refractivity contribution in [2.45, 2.75) is 25.9 Å². The number of hydrogen-bond acceptors (Lipinski definition) is 9. The third kappa shape index (κ3) is 9.87. The summed E-state index contributed by atoms with van der Waals surface area (Å²) in [5.74, 6) is -2.54. The first-order chi connectivity index (χ1) is 16.2. The summed E-state index contributed by atoms with van der Waals surface area (Å²) in [5.41, 5.74) is 6.40. The number of pyridine rings is 1. The van der Waals surface area contributed by atoms with Gasteiger partial charge in [0.1, 0.15) is 10.4 Å². The maximum atomic E-state index is 12.1. The number of carbonyl (C=O) groups excluding carboxylic acids is 4. The van der Waals surface area contributed by atoms with E-state index < -0.39 is 36.5 Å². The Hall–Kier alpha value is -2.99. The van der Waals surface area contributed by atoms with Gasteiger partial charge in [0, 0.05) is 10.9 Å². The Morgan fingerprint density at radius 3 is 2.29 bits per heavy atom. The minimum atomic E-state index is -1.26. The van der Waals surface area contributed by atoms with Crippen LogP contribution in [0, 0.1) is 0 Å². The van der Waals surface area contributed by atoms with Crippen molar-refractivity contribution >= 4 is 55.7 Å². The monoisotopic (exact) mass is 600 g/mol. The van der Waals surface area contributed by atoms with Crippen molar-refractivity contribution < 1.29 is 38.1 Å². The van der Waals surface area contributed by atoms with Crippen LogP contribution in [-0.4, -0.2) is 54.7 Å². The average Bonchev–Trinajstić information content (AvgIpc) is 2.76. The molecule has 0 aliphatic carbocycles. The van der Waals surface area contributed by atoms with E-state index in [-0.39, 0.29) is 26.1 Å². The van der Waals surface area contributed by atoms with Crippen LogP contribution in [0.2, 0.25) is 0 Å². The summed E-state index contributed by atoms with van der Waals surface area (Å²) in [4.78, 5) is 51.2. The maximum absolute atomic E-state index is 12.1. The van der Waals surface area contributed by atoms with Crippen molar-refractivity contribution in [3.63, 3.8) is 0 Å². The van der Waals surface area contributed by atoms with E-state index >= 15 is 0 Å². The molecule has 1 aromatic heterocycles. The number of halogens is 2. The van der Waals surface area contributed by atoms with Gasteiger partial charge in [-0.15, -0.1) is 0 Å². The lowest BCUT2D eigenvalue weighted by atomic mass is 10.1. The number of ether oxygens (including phenoxy) is 4. The Labute approximate surface area is 212 Å². The van der Waals surface area contributed by atoms with Crippen molar-refractivity contribution in [3.8, 4) is 5.75 Å². The van der Waals surface area contributed by atoms with Gasteiger partial charge in [-0.1, -0.05) is 28.1 Å². The molecule has 0 bridgehead atoms. The predicted molar refractivity (Wildman–Crippen MR) is 126 cm³/mol. The number of benzene rings is 1. The van der Waals surface area contributed by atoms with Gasteiger partial charge >= 0.3 is 17.9 Å². The molecule has 0 aliphatic rings. The number of amides is 1. The fourth-order valence-corrected chi connectivity index (χ4v) is 3.88. The fraction of sp³-hybridized carbons (Fsp3) is 0.318. The second-order valence-corrected chi connectivity index (χ2v) is 8.49. The molecule has 1 atom stereocenters. The quantitative estimate of drug-likeness (QED) is 0.220. The van der Waals surface area contributed by atoms with Gasteiger partial charge in [-0.3, -0.25) is 9.59 Å². The SMILES string of the molecule is CCOC(=O)COc1ccc(CC(OC(=O)COC(=O)Cc2cc(Br)cc(Br)n2)C(N)=O)cc1. The van der Waals surface area contributed by atoms with Crippen molar-refractivity contribution in [1.82, 2.24) is 4.98 Å². The molecular formula is C22H22Br2N2O8. The number of nitrogens with two attached hydrogens (primary N) is 1. The minimum Gasteiger partial charge on any atom is -0.482 e. The number of esters is 3. The molecule has 2 aromatic rings. The van der Waals surface area contributed by atoms with Crippen LogP contribution in [-0.2, 0) is 46.2 Å². The molecule has 0 saturated heterocycles. The van der Waals surface area contributed by atoms with Gasteiger partial charge < -0.3 is 24.7 Å². The van der Waals surface area contributed by atoms with E-state index in [4.69, 9.17) is 24.7 Å². The van der Waals surface area contributed by atoms with E-state index in [9.17, 15) is 19.2 Å². The summed E-state index contributed by atoms with van der Waals surface area (Å²) >= 11 is 6.51. The lowest BCUT2D eigenvalue weighted by Gasteiger charge is -2.15. The number of hydrogen-bond donors (Lipinski definition) is 1. The van der Waals surface area contributed by atoms with Crippen LogP contribution < -0.4 is 10.5 Å². The summed E-state index contributed by atoms with van der Waals surface area (Å²) < 4.78 is 21.3. The highest BCUT2D eigenvalue weighted by Crippen LogP contribution is 2.17. The molecule has 1 heterocycles. The topological polar surface area (TPSA) is 144 Å². The van der Waals surface area contributed by atoms with Crippen molar-refractivity contribution in [1.29, 1.82) is 0 Å². The highest BCUT2D eigenvalue weighted by atomic mass is 79.9. The molecule has 2 rings (SSSR count). The molecule has 1 amide bonds. The molecule has 0 saturated carbocycles. The average molecular weight is 602 g/mol. The van der Waals surface area contributed by atoms with E-state index in [1.165, 1.54) is 0 Å². The van der Waals surface area contributed by atoms with E-state index in [1.807, 2.05) is 0 Å². The summed E-state index contributed by atoms with van der Waals surface area (Å²) in [5, 5.41) is 0. The van der Waals surface area contributed by atoms with Gasteiger partial charge in [0.15, 0.2) is 19.3 Å². The predicted octanol–water partition coefficient (Wildman–Crippen LogP) is 2.27. The Morgan fingerprint density at radius 2 is 1.68 bits per heavy atom. The Kier molecular flexibility index (Phi) is 10.9. The lowest BCUT2D eigenvalue weighted by molar-refractivity contribution is -0.164. The maximum Gasteiger partial charge on any atom is 0.345 e. The van der Waals surface area contributed by atoms with Crippen molar-refractivity contribution in [2.75, 3.05) is 19.8 Å². The third-order valence-corrected chi connectivity index (χ3v) is 4.95. The molecule has 1 aromatic carbocycles. The zero-order chi connectivity index (χ0) is 25.1. The van der Waals surface area contributed by atoms with Gasteiger partial charge in [-0.05, 0) is 52.7 Å². The third-order valence-electron chi connectivity index (χ3n) is 4.09. The summed E-state index contributed by atoms with van der Waals surface area (Å²) in [6.45, 7) is 1.04. The normalized spacial score (nSPS) is 11.3. The van der Waals surface area contributed by atoms with Crippen LogP contribution in [0.5, 0.6) is 5.75 Å². The molecule has 2 N–H and O–H groups in total. The van der Waals surface area contributed by atoms with Crippen LogP contribution in [0.4, 0.5) is 0 Å². The second kappa shape index (κ2) is 13.7. The highest BCUT2D eigenvalue weighted by Gasteiger charge is 2.22. The molecule has 12 heteroatoms. The molecule has 0 spiro atoms. The molecule has 182 valence electrons. The van der Waals surface area contributed by atoms with E-state index in [0.29, 0.717) is 21.6 Å². The largest absolute Gasteiger partial charge is 0.482 e. The van der Waals surface area contributed by atoms with Crippen molar-refractivity contribution in [2.24, 2.45) is 5.73 Å². The summed E-state index contributed by atoms with van der Waals surface area (Å²) in [6.07, 6.45) is -1.42. The smallest absolute Gasteiger partial charge is 0.345 e. The molecule has 0 radical (unpaired) electrons. The number of nitrogens with zero attached hydrogens (tertiary/aromatic N) is 1. The van der Waals surface area contributed by atoms with Crippen LogP contribution in [0.3, 0.4) is 0 Å². The van der Waals surface area contributed by atoms with Gasteiger partial charge in [0.05, 0.1) is 18.7 Å². The first kappa shape index (κ1) is 27.3. The number of carbonyl (C=O) groups is 4. The zero-order valence-corrected chi connectivity index (χ0v) is 21.3. The molecule has 10 nitrogen and oxygen atoms in total. The summed E-state index contributed by atoms with van der Waals surface area (Å²) in [7, 11) is 0. The number of rotatable bonds is 12. The highest BCUT2D eigenvalue weighted by molar-refractivity contribution is 9.11. The van der Waals surface area contributed by atoms with E-state index in [1.54, 1.807) is 43.3 Å². The zero-order valence-electron chi connectivity index (χ0n) is 18.1. The Balaban J connectivity index is 1.83. The first-order valence-corrected chi connectivity index (χ1v) is 11.6. The molecule has 34 heavy (non-hydrogen) atoms. The standard InChI is InChI=1S/C22H22Br2N2O8/c1-2-31-20(28)11-32-16-5-3-13(4-6-16)7-17(22(25)30)34-21(29)12-33-19(27)10-15-8-14(23)9-18(24)26-15/h3-6,8-9,17H,2,7,10-12H2,1H3,(H2,25,30).